The Morgan fingerprint density at radius 2 is 2.40 bits per heavy atom. The minimum atomic E-state index is -0.979. The van der Waals surface area contributed by atoms with E-state index in [0.29, 0.717) is 12.2 Å². The fraction of sp³-hybridized carbons (Fsp3) is 0.357. The van der Waals surface area contributed by atoms with Gasteiger partial charge in [-0.25, -0.2) is 0 Å². The molecule has 3 aliphatic heterocycles. The SMILES string of the molecule is O=C(O)[C@H]1[C@@H]2C=C[C@]3(CN(c4cccnc4)C(=O)[C@@H]13)O2. The number of pyridine rings is 1. The van der Waals surface area contributed by atoms with Crippen LogP contribution >= 0.6 is 0 Å². The van der Waals surface area contributed by atoms with Gasteiger partial charge < -0.3 is 14.7 Å². The standard InChI is InChI=1S/C14H12N2O4/c17-12-11-10(13(18)19)9-3-4-14(11,20-9)7-16(12)8-2-1-5-15-6-8/h1-6,9-11H,7H2,(H,18,19)/t9-,10-,11+,14+/m0/s1. The van der Waals surface area contributed by atoms with Crippen molar-refractivity contribution in [1.29, 1.82) is 0 Å². The summed E-state index contributed by atoms with van der Waals surface area (Å²) in [7, 11) is 0. The number of anilines is 1. The van der Waals surface area contributed by atoms with Crippen LogP contribution in [0.15, 0.2) is 36.7 Å². The van der Waals surface area contributed by atoms with Crippen molar-refractivity contribution in [3.8, 4) is 0 Å². The first kappa shape index (κ1) is 11.6. The van der Waals surface area contributed by atoms with Crippen LogP contribution in [0.1, 0.15) is 0 Å². The Balaban J connectivity index is 1.76. The van der Waals surface area contributed by atoms with Gasteiger partial charge in [-0.3, -0.25) is 14.6 Å². The van der Waals surface area contributed by atoms with Crippen LogP contribution in [0.2, 0.25) is 0 Å². The topological polar surface area (TPSA) is 79.7 Å². The average Bonchev–Trinajstić information content (AvgIpc) is 3.08. The number of carbonyl (C=O) groups excluding carboxylic acids is 1. The summed E-state index contributed by atoms with van der Waals surface area (Å²) in [5.74, 6) is -2.62. The molecular weight excluding hydrogens is 260 g/mol. The molecule has 3 aliphatic rings. The minimum absolute atomic E-state index is 0.197. The summed E-state index contributed by atoms with van der Waals surface area (Å²) < 4.78 is 5.81. The normalized spacial score (nSPS) is 37.5. The lowest BCUT2D eigenvalue weighted by Crippen LogP contribution is -2.39. The molecule has 0 aliphatic carbocycles. The number of hydrogen-bond donors (Lipinski definition) is 1. The lowest BCUT2D eigenvalue weighted by Gasteiger charge is -2.21. The van der Waals surface area contributed by atoms with Crippen molar-refractivity contribution in [1.82, 2.24) is 4.98 Å². The van der Waals surface area contributed by atoms with Crippen molar-refractivity contribution in [2.24, 2.45) is 11.8 Å². The van der Waals surface area contributed by atoms with E-state index in [2.05, 4.69) is 4.98 Å². The molecule has 2 fully saturated rings. The third-order valence-corrected chi connectivity index (χ3v) is 4.34. The van der Waals surface area contributed by atoms with Gasteiger partial charge in [-0.2, -0.15) is 0 Å². The van der Waals surface area contributed by atoms with Crippen LogP contribution in [-0.4, -0.2) is 40.2 Å². The fourth-order valence-corrected chi connectivity index (χ4v) is 3.51. The Bertz CT molecular complexity index is 629. The summed E-state index contributed by atoms with van der Waals surface area (Å²) in [6, 6.07) is 3.53. The zero-order chi connectivity index (χ0) is 13.9. The molecule has 1 spiro atoms. The van der Waals surface area contributed by atoms with Crippen LogP contribution in [0.4, 0.5) is 5.69 Å². The molecule has 6 heteroatoms. The lowest BCUT2D eigenvalue weighted by molar-refractivity contribution is -0.146. The van der Waals surface area contributed by atoms with Crippen molar-refractivity contribution in [3.05, 3.63) is 36.7 Å². The molecule has 1 aromatic heterocycles. The first-order valence-electron chi connectivity index (χ1n) is 6.44. The Morgan fingerprint density at radius 3 is 3.10 bits per heavy atom. The van der Waals surface area contributed by atoms with Gasteiger partial charge in [0.1, 0.15) is 11.5 Å². The van der Waals surface area contributed by atoms with Gasteiger partial charge in [0.25, 0.3) is 0 Å². The molecule has 0 unspecified atom stereocenters. The quantitative estimate of drug-likeness (QED) is 0.791. The Labute approximate surface area is 114 Å². The summed E-state index contributed by atoms with van der Waals surface area (Å²) in [6.07, 6.45) is 6.34. The Kier molecular flexibility index (Phi) is 2.13. The van der Waals surface area contributed by atoms with Crippen molar-refractivity contribution >= 4 is 17.6 Å². The number of hydrogen-bond acceptors (Lipinski definition) is 4. The number of carboxylic acids is 1. The second-order valence-electron chi connectivity index (χ2n) is 5.37. The summed E-state index contributed by atoms with van der Waals surface area (Å²) in [6.45, 7) is 0.346. The van der Waals surface area contributed by atoms with Crippen LogP contribution in [-0.2, 0) is 14.3 Å². The van der Waals surface area contributed by atoms with Crippen LogP contribution in [0.25, 0.3) is 0 Å². The number of fused-ring (bicyclic) bond motifs is 1. The molecule has 4 atom stereocenters. The summed E-state index contributed by atoms with van der Waals surface area (Å²) in [5.41, 5.74) is -0.119. The molecule has 0 radical (unpaired) electrons. The molecule has 0 saturated carbocycles. The first-order chi connectivity index (χ1) is 9.62. The number of aromatic nitrogens is 1. The highest BCUT2D eigenvalue weighted by Crippen LogP contribution is 2.52. The van der Waals surface area contributed by atoms with E-state index in [-0.39, 0.29) is 5.91 Å². The first-order valence-corrected chi connectivity index (χ1v) is 6.44. The molecule has 4 rings (SSSR count). The van der Waals surface area contributed by atoms with Gasteiger partial charge in [-0.1, -0.05) is 12.2 Å². The van der Waals surface area contributed by atoms with Gasteiger partial charge in [0.15, 0.2) is 0 Å². The number of ether oxygens (including phenoxy) is 1. The molecule has 6 nitrogen and oxygen atoms in total. The molecule has 20 heavy (non-hydrogen) atoms. The predicted molar refractivity (Wildman–Crippen MR) is 67.9 cm³/mol. The third-order valence-electron chi connectivity index (χ3n) is 4.34. The Morgan fingerprint density at radius 1 is 1.55 bits per heavy atom. The lowest BCUT2D eigenvalue weighted by atomic mass is 9.77. The number of rotatable bonds is 2. The number of aliphatic carboxylic acids is 1. The third kappa shape index (κ3) is 1.29. The van der Waals surface area contributed by atoms with E-state index in [4.69, 9.17) is 4.74 Å². The highest BCUT2D eigenvalue weighted by Gasteiger charge is 2.67. The second-order valence-corrected chi connectivity index (χ2v) is 5.37. The largest absolute Gasteiger partial charge is 0.481 e. The zero-order valence-electron chi connectivity index (χ0n) is 10.5. The maximum absolute atomic E-state index is 12.6. The van der Waals surface area contributed by atoms with Crippen molar-refractivity contribution in [2.45, 2.75) is 11.7 Å². The smallest absolute Gasteiger partial charge is 0.310 e. The number of nitrogens with zero attached hydrogens (tertiary/aromatic N) is 2. The van der Waals surface area contributed by atoms with E-state index < -0.39 is 29.5 Å². The van der Waals surface area contributed by atoms with Crippen LogP contribution in [0.3, 0.4) is 0 Å². The van der Waals surface area contributed by atoms with Gasteiger partial charge >= 0.3 is 5.97 Å². The van der Waals surface area contributed by atoms with E-state index in [1.807, 2.05) is 6.08 Å². The van der Waals surface area contributed by atoms with Gasteiger partial charge in [0.05, 0.1) is 30.5 Å². The van der Waals surface area contributed by atoms with Gasteiger partial charge in [-0.05, 0) is 12.1 Å². The van der Waals surface area contributed by atoms with Crippen LogP contribution in [0.5, 0.6) is 0 Å². The molecule has 4 heterocycles. The highest BCUT2D eigenvalue weighted by atomic mass is 16.5. The van der Waals surface area contributed by atoms with E-state index in [9.17, 15) is 14.7 Å². The van der Waals surface area contributed by atoms with Crippen LogP contribution < -0.4 is 4.90 Å². The molecule has 2 saturated heterocycles. The van der Waals surface area contributed by atoms with E-state index in [1.165, 1.54) is 0 Å². The summed E-state index contributed by atoms with van der Waals surface area (Å²) in [4.78, 5) is 29.6. The number of amides is 1. The number of carboxylic acid groups (broad SMARTS) is 1. The highest BCUT2D eigenvalue weighted by molar-refractivity contribution is 6.02. The monoisotopic (exact) mass is 272 g/mol. The Hall–Kier alpha value is -2.21. The molecule has 0 aromatic carbocycles. The maximum atomic E-state index is 12.6. The van der Waals surface area contributed by atoms with Crippen LogP contribution in [0, 0.1) is 11.8 Å². The van der Waals surface area contributed by atoms with Crippen molar-refractivity contribution in [3.63, 3.8) is 0 Å². The molecular formula is C14H12N2O4. The second kappa shape index (κ2) is 3.67. The van der Waals surface area contributed by atoms with Gasteiger partial charge in [0, 0.05) is 6.20 Å². The number of carbonyl (C=O) groups is 2. The van der Waals surface area contributed by atoms with Gasteiger partial charge in [0.2, 0.25) is 5.91 Å². The van der Waals surface area contributed by atoms with E-state index in [1.54, 1.807) is 35.5 Å². The zero-order valence-corrected chi connectivity index (χ0v) is 10.5. The van der Waals surface area contributed by atoms with Crippen molar-refractivity contribution < 1.29 is 19.4 Å². The molecule has 1 amide bonds. The summed E-state index contributed by atoms with van der Waals surface area (Å²) in [5, 5.41) is 9.36. The van der Waals surface area contributed by atoms with Crippen molar-refractivity contribution in [2.75, 3.05) is 11.4 Å². The fourth-order valence-electron chi connectivity index (χ4n) is 3.51. The van der Waals surface area contributed by atoms with E-state index >= 15 is 0 Å². The molecule has 2 bridgehead atoms. The molecule has 102 valence electrons. The molecule has 1 aromatic rings. The maximum Gasteiger partial charge on any atom is 0.310 e. The predicted octanol–water partition coefficient (Wildman–Crippen LogP) is 0.453. The van der Waals surface area contributed by atoms with Gasteiger partial charge in [-0.15, -0.1) is 0 Å². The average molecular weight is 272 g/mol. The minimum Gasteiger partial charge on any atom is -0.481 e. The molecule has 1 N–H and O–H groups in total. The van der Waals surface area contributed by atoms with E-state index in [0.717, 1.165) is 0 Å². The summed E-state index contributed by atoms with van der Waals surface area (Å²) >= 11 is 0.